The molecule has 20 heavy (non-hydrogen) atoms. The third-order valence-corrected chi connectivity index (χ3v) is 4.07. The molecule has 1 amide bonds. The van der Waals surface area contributed by atoms with Crippen molar-refractivity contribution in [2.75, 3.05) is 0 Å². The molecule has 3 N–H and O–H groups in total. The lowest BCUT2D eigenvalue weighted by atomic mass is 10.0. The zero-order chi connectivity index (χ0) is 14.1. The van der Waals surface area contributed by atoms with Crippen molar-refractivity contribution in [3.63, 3.8) is 0 Å². The van der Waals surface area contributed by atoms with E-state index in [1.165, 1.54) is 0 Å². The van der Waals surface area contributed by atoms with Crippen LogP contribution in [0.2, 0.25) is 0 Å². The molecular formula is C13H15N5OS. The predicted octanol–water partition coefficient (Wildman–Crippen LogP) is 0.914. The molecule has 1 aliphatic rings. The first kappa shape index (κ1) is 13.0. The van der Waals surface area contributed by atoms with E-state index in [0.29, 0.717) is 16.1 Å². The SMILES string of the molecule is NC(=S)C1CCCC1NC(=O)c1cnn2ccncc12. The van der Waals surface area contributed by atoms with Crippen molar-refractivity contribution < 1.29 is 4.79 Å². The number of nitrogens with two attached hydrogens (primary N) is 1. The Morgan fingerprint density at radius 1 is 1.45 bits per heavy atom. The van der Waals surface area contributed by atoms with E-state index in [2.05, 4.69) is 15.4 Å². The molecule has 2 unspecified atom stereocenters. The van der Waals surface area contributed by atoms with Gasteiger partial charge in [0.15, 0.2) is 0 Å². The average Bonchev–Trinajstić information content (AvgIpc) is 3.04. The first-order valence-corrected chi connectivity index (χ1v) is 6.95. The first-order valence-electron chi connectivity index (χ1n) is 6.54. The average molecular weight is 289 g/mol. The van der Waals surface area contributed by atoms with Gasteiger partial charge in [-0.1, -0.05) is 18.6 Å². The van der Waals surface area contributed by atoms with Crippen LogP contribution in [0.4, 0.5) is 0 Å². The van der Waals surface area contributed by atoms with Gasteiger partial charge in [-0.05, 0) is 12.8 Å². The van der Waals surface area contributed by atoms with Gasteiger partial charge in [-0.15, -0.1) is 0 Å². The molecule has 2 heterocycles. The Morgan fingerprint density at radius 3 is 3.10 bits per heavy atom. The van der Waals surface area contributed by atoms with Crippen LogP contribution in [0.3, 0.4) is 0 Å². The molecule has 0 radical (unpaired) electrons. The van der Waals surface area contributed by atoms with Gasteiger partial charge in [0.25, 0.3) is 5.91 Å². The summed E-state index contributed by atoms with van der Waals surface area (Å²) in [6.45, 7) is 0. The number of rotatable bonds is 3. The van der Waals surface area contributed by atoms with Gasteiger partial charge in [0, 0.05) is 24.4 Å². The molecule has 1 saturated carbocycles. The van der Waals surface area contributed by atoms with Crippen molar-refractivity contribution in [2.24, 2.45) is 11.7 Å². The number of thiocarbonyl (C=S) groups is 1. The summed E-state index contributed by atoms with van der Waals surface area (Å²) in [7, 11) is 0. The van der Waals surface area contributed by atoms with Crippen LogP contribution in [0.15, 0.2) is 24.8 Å². The second kappa shape index (κ2) is 5.16. The summed E-state index contributed by atoms with van der Waals surface area (Å²) >= 11 is 5.06. The molecule has 3 rings (SSSR count). The number of hydrogen-bond donors (Lipinski definition) is 2. The molecule has 2 aromatic rings. The van der Waals surface area contributed by atoms with Crippen LogP contribution in [-0.2, 0) is 0 Å². The van der Waals surface area contributed by atoms with E-state index in [1.807, 2.05) is 0 Å². The number of amides is 1. The lowest BCUT2D eigenvalue weighted by Gasteiger charge is -2.19. The molecule has 0 saturated heterocycles. The van der Waals surface area contributed by atoms with Crippen molar-refractivity contribution in [1.29, 1.82) is 0 Å². The first-order chi connectivity index (χ1) is 9.66. The van der Waals surface area contributed by atoms with Gasteiger partial charge in [0.05, 0.1) is 28.5 Å². The van der Waals surface area contributed by atoms with Crippen molar-refractivity contribution in [3.05, 3.63) is 30.4 Å². The Hall–Kier alpha value is -2.02. The van der Waals surface area contributed by atoms with Gasteiger partial charge in [-0.2, -0.15) is 5.10 Å². The molecule has 0 bridgehead atoms. The van der Waals surface area contributed by atoms with Crippen molar-refractivity contribution in [2.45, 2.75) is 25.3 Å². The second-order valence-electron chi connectivity index (χ2n) is 4.98. The van der Waals surface area contributed by atoms with Crippen molar-refractivity contribution >= 4 is 28.6 Å². The number of hydrogen-bond acceptors (Lipinski definition) is 4. The van der Waals surface area contributed by atoms with Gasteiger partial charge < -0.3 is 11.1 Å². The van der Waals surface area contributed by atoms with Crippen molar-refractivity contribution in [3.8, 4) is 0 Å². The Morgan fingerprint density at radius 2 is 2.30 bits per heavy atom. The Kier molecular flexibility index (Phi) is 3.35. The fourth-order valence-corrected chi connectivity index (χ4v) is 3.01. The van der Waals surface area contributed by atoms with Crippen LogP contribution in [-0.4, -0.2) is 31.5 Å². The molecule has 0 aliphatic heterocycles. The molecule has 1 fully saturated rings. The third kappa shape index (κ3) is 2.24. The molecule has 2 aromatic heterocycles. The minimum absolute atomic E-state index is 0.0200. The topological polar surface area (TPSA) is 85.3 Å². The summed E-state index contributed by atoms with van der Waals surface area (Å²) in [5, 5.41) is 7.15. The summed E-state index contributed by atoms with van der Waals surface area (Å²) in [6, 6.07) is 0.0200. The lowest BCUT2D eigenvalue weighted by molar-refractivity contribution is 0.0935. The van der Waals surface area contributed by atoms with Gasteiger partial charge in [-0.3, -0.25) is 9.78 Å². The standard InChI is InChI=1S/C13H15N5OS/c14-12(20)8-2-1-3-10(8)17-13(19)9-6-16-18-5-4-15-7-11(9)18/h4-8,10H,1-3H2,(H2,14,20)(H,17,19). The fraction of sp³-hybridized carbons (Fsp3) is 0.385. The predicted molar refractivity (Wildman–Crippen MR) is 78.4 cm³/mol. The van der Waals surface area contributed by atoms with Gasteiger partial charge in [-0.25, -0.2) is 4.52 Å². The minimum Gasteiger partial charge on any atom is -0.393 e. The molecule has 0 aromatic carbocycles. The van der Waals surface area contributed by atoms with E-state index in [4.69, 9.17) is 18.0 Å². The number of nitrogens with one attached hydrogen (secondary N) is 1. The maximum Gasteiger partial charge on any atom is 0.255 e. The van der Waals surface area contributed by atoms with E-state index >= 15 is 0 Å². The number of nitrogens with zero attached hydrogens (tertiary/aromatic N) is 3. The molecule has 2 atom stereocenters. The van der Waals surface area contributed by atoms with E-state index in [0.717, 1.165) is 19.3 Å². The third-order valence-electron chi connectivity index (χ3n) is 3.77. The highest BCUT2D eigenvalue weighted by molar-refractivity contribution is 7.80. The van der Waals surface area contributed by atoms with E-state index in [9.17, 15) is 4.79 Å². The Balaban J connectivity index is 1.81. The molecule has 0 spiro atoms. The highest BCUT2D eigenvalue weighted by atomic mass is 32.1. The van der Waals surface area contributed by atoms with E-state index < -0.39 is 0 Å². The summed E-state index contributed by atoms with van der Waals surface area (Å²) in [5.41, 5.74) is 6.94. The van der Waals surface area contributed by atoms with Gasteiger partial charge in [0.2, 0.25) is 0 Å². The Labute approximate surface area is 121 Å². The summed E-state index contributed by atoms with van der Waals surface area (Å²) < 4.78 is 1.63. The molecular weight excluding hydrogens is 274 g/mol. The van der Waals surface area contributed by atoms with E-state index in [1.54, 1.807) is 29.3 Å². The van der Waals surface area contributed by atoms with Crippen LogP contribution in [0.5, 0.6) is 0 Å². The second-order valence-corrected chi connectivity index (χ2v) is 5.46. The van der Waals surface area contributed by atoms with Gasteiger partial charge >= 0.3 is 0 Å². The molecule has 104 valence electrons. The Bertz CT molecular complexity index is 668. The monoisotopic (exact) mass is 289 g/mol. The number of carbonyl (C=O) groups excluding carboxylic acids is 1. The minimum atomic E-state index is -0.152. The summed E-state index contributed by atoms with van der Waals surface area (Å²) in [5.74, 6) is -0.0601. The number of aromatic nitrogens is 3. The largest absolute Gasteiger partial charge is 0.393 e. The van der Waals surface area contributed by atoms with Crippen LogP contribution in [0, 0.1) is 5.92 Å². The van der Waals surface area contributed by atoms with Crippen LogP contribution < -0.4 is 11.1 Å². The maximum atomic E-state index is 12.4. The zero-order valence-electron chi connectivity index (χ0n) is 10.8. The van der Waals surface area contributed by atoms with Crippen LogP contribution in [0.1, 0.15) is 29.6 Å². The van der Waals surface area contributed by atoms with Crippen LogP contribution in [0.25, 0.3) is 5.52 Å². The lowest BCUT2D eigenvalue weighted by Crippen LogP contribution is -2.41. The maximum absolute atomic E-state index is 12.4. The summed E-state index contributed by atoms with van der Waals surface area (Å²) in [4.78, 5) is 16.9. The quantitative estimate of drug-likeness (QED) is 0.821. The fourth-order valence-electron chi connectivity index (χ4n) is 2.73. The number of carbonyl (C=O) groups is 1. The summed E-state index contributed by atoms with van der Waals surface area (Å²) in [6.07, 6.45) is 9.39. The zero-order valence-corrected chi connectivity index (χ0v) is 11.6. The van der Waals surface area contributed by atoms with E-state index in [-0.39, 0.29) is 17.9 Å². The normalized spacial score (nSPS) is 22.0. The molecule has 6 nitrogen and oxygen atoms in total. The van der Waals surface area contributed by atoms with Gasteiger partial charge in [0.1, 0.15) is 0 Å². The molecule has 7 heteroatoms. The smallest absolute Gasteiger partial charge is 0.255 e. The highest BCUT2D eigenvalue weighted by Gasteiger charge is 2.31. The number of fused-ring (bicyclic) bond motifs is 1. The van der Waals surface area contributed by atoms with Crippen LogP contribution >= 0.6 is 12.2 Å². The van der Waals surface area contributed by atoms with Crippen molar-refractivity contribution in [1.82, 2.24) is 19.9 Å². The highest BCUT2D eigenvalue weighted by Crippen LogP contribution is 2.26. The molecule has 1 aliphatic carbocycles.